The van der Waals surface area contributed by atoms with E-state index in [-0.39, 0.29) is 5.82 Å². The Morgan fingerprint density at radius 2 is 2.32 bits per heavy atom. The highest BCUT2D eigenvalue weighted by Crippen LogP contribution is 2.28. The van der Waals surface area contributed by atoms with E-state index in [0.29, 0.717) is 23.0 Å². The maximum Gasteiger partial charge on any atom is 0.298 e. The molecule has 0 amide bonds. The van der Waals surface area contributed by atoms with Crippen LogP contribution in [-0.2, 0) is 6.54 Å². The Morgan fingerprint density at radius 1 is 1.44 bits per heavy atom. The van der Waals surface area contributed by atoms with Gasteiger partial charge in [0.15, 0.2) is 5.58 Å². The van der Waals surface area contributed by atoms with Gasteiger partial charge in [-0.25, -0.2) is 9.37 Å². The Hall–Kier alpha value is -1.99. The average Bonchev–Trinajstić information content (AvgIpc) is 3.27. The molecule has 0 bridgehead atoms. The quantitative estimate of drug-likeness (QED) is 0.694. The number of rotatable bonds is 5. The van der Waals surface area contributed by atoms with Gasteiger partial charge in [0, 0.05) is 37.1 Å². The summed E-state index contributed by atoms with van der Waals surface area (Å²) in [5.74, 6) is 0.289. The van der Waals surface area contributed by atoms with Crippen molar-refractivity contribution in [1.82, 2.24) is 14.9 Å². The molecule has 4 rings (SSSR count). The molecule has 1 atom stereocenters. The summed E-state index contributed by atoms with van der Waals surface area (Å²) in [5, 5.41) is 0. The molecular formula is C18H21FN4OS. The van der Waals surface area contributed by atoms with Crippen LogP contribution in [0.4, 0.5) is 10.4 Å². The minimum absolute atomic E-state index is 0.286. The second kappa shape index (κ2) is 6.72. The van der Waals surface area contributed by atoms with Crippen LogP contribution in [-0.4, -0.2) is 41.5 Å². The summed E-state index contributed by atoms with van der Waals surface area (Å²) in [7, 11) is 2.16. The first-order valence-corrected chi connectivity index (χ1v) is 9.35. The number of aryl methyl sites for hydroxylation is 1. The van der Waals surface area contributed by atoms with Crippen molar-refractivity contribution >= 4 is 28.5 Å². The lowest BCUT2D eigenvalue weighted by Crippen LogP contribution is -2.28. The van der Waals surface area contributed by atoms with Crippen molar-refractivity contribution in [2.75, 3.05) is 31.6 Å². The Balaban J connectivity index is 1.38. The molecule has 2 aromatic heterocycles. The summed E-state index contributed by atoms with van der Waals surface area (Å²) in [4.78, 5) is 14.6. The number of nitrogens with zero attached hydrogens (tertiary/aromatic N) is 4. The lowest BCUT2D eigenvalue weighted by atomic mass is 10.1. The van der Waals surface area contributed by atoms with Crippen molar-refractivity contribution in [2.45, 2.75) is 19.9 Å². The van der Waals surface area contributed by atoms with Crippen molar-refractivity contribution in [1.29, 1.82) is 0 Å². The third kappa shape index (κ3) is 3.52. The normalized spacial score (nSPS) is 17.9. The molecule has 0 N–H and O–H groups in total. The van der Waals surface area contributed by atoms with Gasteiger partial charge in [-0.05, 0) is 38.4 Å². The molecule has 1 saturated heterocycles. The zero-order valence-corrected chi connectivity index (χ0v) is 15.2. The predicted molar refractivity (Wildman–Crippen MR) is 97.5 cm³/mol. The van der Waals surface area contributed by atoms with E-state index in [1.165, 1.54) is 17.0 Å². The lowest BCUT2D eigenvalue weighted by molar-refractivity contribution is 0.280. The fourth-order valence-electron chi connectivity index (χ4n) is 3.41. The summed E-state index contributed by atoms with van der Waals surface area (Å²) >= 11 is 1.72. The van der Waals surface area contributed by atoms with Gasteiger partial charge in [-0.15, -0.1) is 11.3 Å². The van der Waals surface area contributed by atoms with E-state index in [1.54, 1.807) is 17.4 Å². The molecule has 7 heteroatoms. The van der Waals surface area contributed by atoms with E-state index in [2.05, 4.69) is 33.7 Å². The number of oxazole rings is 1. The predicted octanol–water partition coefficient (Wildman–Crippen LogP) is 3.69. The van der Waals surface area contributed by atoms with Crippen molar-refractivity contribution in [2.24, 2.45) is 5.92 Å². The summed E-state index contributed by atoms with van der Waals surface area (Å²) in [5.41, 5.74) is 4.25. The van der Waals surface area contributed by atoms with Gasteiger partial charge in [-0.3, -0.25) is 0 Å². The molecule has 1 aliphatic heterocycles. The van der Waals surface area contributed by atoms with Crippen molar-refractivity contribution in [3.63, 3.8) is 0 Å². The number of halogens is 1. The lowest BCUT2D eigenvalue weighted by Gasteiger charge is -2.20. The minimum atomic E-state index is -0.286. The molecule has 3 aromatic rings. The standard InChI is InChI=1S/C18H21FN4OS/c1-12-17(25-11-20-12)10-22(2)8-13-5-6-23(9-13)18-21-15-7-14(19)3-4-16(15)24-18/h3-4,7,11,13H,5-6,8-10H2,1-2H3. The smallest absolute Gasteiger partial charge is 0.298 e. The molecule has 5 nitrogen and oxygen atoms in total. The summed E-state index contributed by atoms with van der Waals surface area (Å²) in [6, 6.07) is 5.06. The van der Waals surface area contributed by atoms with Crippen LogP contribution >= 0.6 is 11.3 Å². The van der Waals surface area contributed by atoms with E-state index in [9.17, 15) is 4.39 Å². The summed E-state index contributed by atoms with van der Waals surface area (Å²) < 4.78 is 19.1. The van der Waals surface area contributed by atoms with E-state index in [0.717, 1.165) is 38.3 Å². The minimum Gasteiger partial charge on any atom is -0.423 e. The monoisotopic (exact) mass is 360 g/mol. The zero-order valence-electron chi connectivity index (χ0n) is 14.4. The van der Waals surface area contributed by atoms with Crippen LogP contribution < -0.4 is 4.90 Å². The van der Waals surface area contributed by atoms with Crippen LogP contribution in [0.3, 0.4) is 0 Å². The van der Waals surface area contributed by atoms with Gasteiger partial charge in [0.2, 0.25) is 0 Å². The molecule has 0 radical (unpaired) electrons. The number of benzene rings is 1. The van der Waals surface area contributed by atoms with Crippen LogP contribution in [0.15, 0.2) is 28.1 Å². The van der Waals surface area contributed by atoms with Crippen molar-refractivity contribution in [3.05, 3.63) is 40.1 Å². The van der Waals surface area contributed by atoms with Gasteiger partial charge in [-0.2, -0.15) is 4.98 Å². The molecule has 1 aliphatic rings. The summed E-state index contributed by atoms with van der Waals surface area (Å²) in [6.45, 7) is 5.87. The maximum atomic E-state index is 13.3. The fourth-order valence-corrected chi connectivity index (χ4v) is 4.26. The number of hydrogen-bond acceptors (Lipinski definition) is 6. The van der Waals surface area contributed by atoms with Crippen LogP contribution in [0.1, 0.15) is 17.0 Å². The van der Waals surface area contributed by atoms with Crippen LogP contribution in [0, 0.1) is 18.7 Å². The molecule has 1 aromatic carbocycles. The maximum absolute atomic E-state index is 13.3. The third-order valence-electron chi connectivity index (χ3n) is 4.72. The molecule has 0 spiro atoms. The van der Waals surface area contributed by atoms with Gasteiger partial charge in [0.25, 0.3) is 6.01 Å². The Kier molecular flexibility index (Phi) is 4.43. The molecule has 0 aliphatic carbocycles. The zero-order chi connectivity index (χ0) is 17.4. The van der Waals surface area contributed by atoms with Crippen LogP contribution in [0.25, 0.3) is 11.1 Å². The van der Waals surface area contributed by atoms with E-state index in [1.807, 2.05) is 5.51 Å². The number of aromatic nitrogens is 2. The number of thiazole rings is 1. The van der Waals surface area contributed by atoms with Crippen molar-refractivity contribution < 1.29 is 8.81 Å². The number of fused-ring (bicyclic) bond motifs is 1. The molecule has 3 heterocycles. The first-order chi connectivity index (χ1) is 12.1. The van der Waals surface area contributed by atoms with E-state index >= 15 is 0 Å². The van der Waals surface area contributed by atoms with Crippen LogP contribution in [0.5, 0.6) is 0 Å². The van der Waals surface area contributed by atoms with Crippen molar-refractivity contribution in [3.8, 4) is 0 Å². The highest BCUT2D eigenvalue weighted by molar-refractivity contribution is 7.09. The second-order valence-electron chi connectivity index (χ2n) is 6.77. The number of anilines is 1. The Bertz CT molecular complexity index is 877. The van der Waals surface area contributed by atoms with Gasteiger partial charge in [0.1, 0.15) is 11.3 Å². The largest absolute Gasteiger partial charge is 0.423 e. The third-order valence-corrected chi connectivity index (χ3v) is 5.64. The highest BCUT2D eigenvalue weighted by Gasteiger charge is 2.27. The number of hydrogen-bond donors (Lipinski definition) is 0. The highest BCUT2D eigenvalue weighted by atomic mass is 32.1. The topological polar surface area (TPSA) is 45.4 Å². The van der Waals surface area contributed by atoms with E-state index in [4.69, 9.17) is 4.42 Å². The summed E-state index contributed by atoms with van der Waals surface area (Å²) in [6.07, 6.45) is 1.11. The first-order valence-electron chi connectivity index (χ1n) is 8.47. The molecular weight excluding hydrogens is 339 g/mol. The molecule has 1 unspecified atom stereocenters. The molecule has 25 heavy (non-hydrogen) atoms. The van der Waals surface area contributed by atoms with Gasteiger partial charge in [-0.1, -0.05) is 0 Å². The first kappa shape index (κ1) is 16.5. The fraction of sp³-hybridized carbons (Fsp3) is 0.444. The Morgan fingerprint density at radius 3 is 3.12 bits per heavy atom. The molecule has 0 saturated carbocycles. The average molecular weight is 360 g/mol. The second-order valence-corrected chi connectivity index (χ2v) is 7.71. The van der Waals surface area contributed by atoms with Crippen LogP contribution in [0.2, 0.25) is 0 Å². The van der Waals surface area contributed by atoms with E-state index < -0.39 is 0 Å². The molecule has 1 fully saturated rings. The molecule has 132 valence electrons. The SMILES string of the molecule is Cc1ncsc1CN(C)CC1CCN(c2nc3cc(F)ccc3o2)C1. The van der Waals surface area contributed by atoms with Gasteiger partial charge >= 0.3 is 0 Å². The van der Waals surface area contributed by atoms with Gasteiger partial charge < -0.3 is 14.2 Å². The Labute approximate surface area is 150 Å². The van der Waals surface area contributed by atoms with Gasteiger partial charge in [0.05, 0.1) is 11.2 Å².